The number of anilines is 1. The Labute approximate surface area is 173 Å². The summed E-state index contributed by atoms with van der Waals surface area (Å²) in [5.74, 6) is 0.593. The Morgan fingerprint density at radius 1 is 1.13 bits per heavy atom. The van der Waals surface area contributed by atoms with E-state index >= 15 is 0 Å². The first-order chi connectivity index (χ1) is 14.5. The number of hydrogen-bond acceptors (Lipinski definition) is 4. The van der Waals surface area contributed by atoms with Crippen LogP contribution in [0.4, 0.5) is 10.1 Å². The number of hydrogen-bond donors (Lipinski definition) is 1. The Bertz CT molecular complexity index is 1290. The van der Waals surface area contributed by atoms with Gasteiger partial charge >= 0.3 is 0 Å². The second kappa shape index (κ2) is 6.93. The van der Waals surface area contributed by atoms with Gasteiger partial charge in [0.05, 0.1) is 16.6 Å². The van der Waals surface area contributed by atoms with Crippen molar-refractivity contribution in [2.75, 3.05) is 25.0 Å². The van der Waals surface area contributed by atoms with E-state index in [1.54, 1.807) is 23.7 Å². The summed E-state index contributed by atoms with van der Waals surface area (Å²) in [6, 6.07) is 8.34. The minimum absolute atomic E-state index is 0.229. The molecule has 1 aliphatic rings. The first-order valence-electron chi connectivity index (χ1n) is 10.3. The number of rotatable bonds is 2. The van der Waals surface area contributed by atoms with Crippen molar-refractivity contribution in [3.8, 4) is 0 Å². The van der Waals surface area contributed by atoms with Crippen molar-refractivity contribution in [3.63, 3.8) is 0 Å². The lowest BCUT2D eigenvalue weighted by Gasteiger charge is -2.37. The Morgan fingerprint density at radius 3 is 2.63 bits per heavy atom. The molecule has 1 saturated heterocycles. The molecule has 3 aromatic heterocycles. The highest BCUT2D eigenvalue weighted by molar-refractivity contribution is 6.07. The van der Waals surface area contributed by atoms with E-state index in [2.05, 4.69) is 34.0 Å². The normalized spacial score (nSPS) is 19.7. The van der Waals surface area contributed by atoms with Crippen LogP contribution in [0.2, 0.25) is 0 Å². The van der Waals surface area contributed by atoms with Gasteiger partial charge < -0.3 is 10.2 Å². The highest BCUT2D eigenvalue weighted by Gasteiger charge is 2.25. The van der Waals surface area contributed by atoms with Crippen molar-refractivity contribution in [3.05, 3.63) is 47.9 Å². The summed E-state index contributed by atoms with van der Waals surface area (Å²) >= 11 is 0. The van der Waals surface area contributed by atoms with Crippen molar-refractivity contribution in [1.82, 2.24) is 19.7 Å². The number of fused-ring (bicyclic) bond motifs is 5. The quantitative estimate of drug-likeness (QED) is 0.547. The standard InChI is InChI=1S/C23H24FN5O/c1-13-8-14(2)12-28(11-13)19-6-7-26-21-16(19)10-17(23(30)25-3)22-27-18-5-4-15(24)9-20(18)29(21)22/h4-7,9-10,13-14H,8,11-12H2,1-3H3,(H,25,30)/t13-,14+. The van der Waals surface area contributed by atoms with Gasteiger partial charge in [0.2, 0.25) is 0 Å². The molecule has 0 bridgehead atoms. The van der Waals surface area contributed by atoms with E-state index in [1.165, 1.54) is 18.6 Å². The SMILES string of the molecule is CNC(=O)c1cc2c(N3C[C@H](C)C[C@H](C)C3)ccnc2n2c1nc1ccc(F)cc12. The van der Waals surface area contributed by atoms with E-state index in [9.17, 15) is 9.18 Å². The molecule has 0 spiro atoms. The average Bonchev–Trinajstić information content (AvgIpc) is 3.10. The molecule has 1 aliphatic heterocycles. The number of piperidine rings is 1. The van der Waals surface area contributed by atoms with Crippen LogP contribution in [-0.2, 0) is 0 Å². The maximum atomic E-state index is 14.1. The zero-order chi connectivity index (χ0) is 21.0. The van der Waals surface area contributed by atoms with Crippen molar-refractivity contribution in [2.45, 2.75) is 20.3 Å². The Balaban J connectivity index is 1.87. The third kappa shape index (κ3) is 2.88. The van der Waals surface area contributed by atoms with E-state index < -0.39 is 0 Å². The van der Waals surface area contributed by atoms with Gasteiger partial charge in [-0.25, -0.2) is 14.4 Å². The molecular weight excluding hydrogens is 381 g/mol. The number of carbonyl (C=O) groups excluding carboxylic acids is 1. The zero-order valence-electron chi connectivity index (χ0n) is 17.3. The molecular formula is C23H24FN5O. The number of nitrogens with zero attached hydrogens (tertiary/aromatic N) is 4. The second-order valence-corrected chi connectivity index (χ2v) is 8.46. The largest absolute Gasteiger partial charge is 0.370 e. The zero-order valence-corrected chi connectivity index (χ0v) is 17.3. The van der Waals surface area contributed by atoms with Crippen molar-refractivity contribution in [1.29, 1.82) is 0 Å². The van der Waals surface area contributed by atoms with Crippen LogP contribution in [0, 0.1) is 17.7 Å². The molecule has 0 saturated carbocycles. The van der Waals surface area contributed by atoms with Gasteiger partial charge in [-0.15, -0.1) is 0 Å². The lowest BCUT2D eigenvalue weighted by atomic mass is 9.91. The number of carbonyl (C=O) groups is 1. The molecule has 1 amide bonds. The predicted molar refractivity (Wildman–Crippen MR) is 117 cm³/mol. The third-order valence-electron chi connectivity index (χ3n) is 5.99. The summed E-state index contributed by atoms with van der Waals surface area (Å²) in [5.41, 5.74) is 3.88. The summed E-state index contributed by atoms with van der Waals surface area (Å²) in [6.07, 6.45) is 2.99. The monoisotopic (exact) mass is 405 g/mol. The van der Waals surface area contributed by atoms with Gasteiger partial charge in [0.1, 0.15) is 11.5 Å². The molecule has 0 radical (unpaired) electrons. The summed E-state index contributed by atoms with van der Waals surface area (Å²) in [4.78, 5) is 24.4. The topological polar surface area (TPSA) is 62.5 Å². The van der Waals surface area contributed by atoms with Crippen LogP contribution in [0.25, 0.3) is 27.7 Å². The fraction of sp³-hybridized carbons (Fsp3) is 0.348. The fourth-order valence-electron chi connectivity index (χ4n) is 4.86. The van der Waals surface area contributed by atoms with Gasteiger partial charge in [0, 0.05) is 43.5 Å². The first kappa shape index (κ1) is 18.8. The molecule has 2 atom stereocenters. The predicted octanol–water partition coefficient (Wildman–Crippen LogP) is 4.02. The van der Waals surface area contributed by atoms with Crippen LogP contribution in [0.15, 0.2) is 36.5 Å². The van der Waals surface area contributed by atoms with Crippen LogP contribution in [-0.4, -0.2) is 40.4 Å². The van der Waals surface area contributed by atoms with E-state index in [0.717, 1.165) is 24.2 Å². The van der Waals surface area contributed by atoms with Crippen molar-refractivity contribution in [2.24, 2.45) is 11.8 Å². The van der Waals surface area contributed by atoms with E-state index in [1.807, 2.05) is 12.1 Å². The lowest BCUT2D eigenvalue weighted by molar-refractivity contribution is 0.0964. The maximum Gasteiger partial charge on any atom is 0.254 e. The van der Waals surface area contributed by atoms with E-state index in [0.29, 0.717) is 39.7 Å². The van der Waals surface area contributed by atoms with Crippen LogP contribution in [0.1, 0.15) is 30.6 Å². The summed E-state index contributed by atoms with van der Waals surface area (Å²) in [6.45, 7) is 6.45. The lowest BCUT2D eigenvalue weighted by Crippen LogP contribution is -2.38. The second-order valence-electron chi connectivity index (χ2n) is 8.46. The number of aromatic nitrogens is 3. The first-order valence-corrected chi connectivity index (χ1v) is 10.3. The molecule has 5 rings (SSSR count). The number of benzene rings is 1. The highest BCUT2D eigenvalue weighted by Crippen LogP contribution is 2.34. The number of halogens is 1. The van der Waals surface area contributed by atoms with Crippen LogP contribution in [0.5, 0.6) is 0 Å². The van der Waals surface area contributed by atoms with Gasteiger partial charge in [-0.1, -0.05) is 13.8 Å². The average molecular weight is 405 g/mol. The Hall–Kier alpha value is -3.22. The van der Waals surface area contributed by atoms with E-state index in [-0.39, 0.29) is 11.7 Å². The maximum absolute atomic E-state index is 14.1. The number of imidazole rings is 1. The summed E-state index contributed by atoms with van der Waals surface area (Å²) in [5, 5.41) is 3.58. The smallest absolute Gasteiger partial charge is 0.254 e. The van der Waals surface area contributed by atoms with Gasteiger partial charge in [-0.05, 0) is 42.5 Å². The molecule has 4 heterocycles. The minimum atomic E-state index is -0.349. The molecule has 4 aromatic rings. The molecule has 1 N–H and O–H groups in total. The van der Waals surface area contributed by atoms with Gasteiger partial charge in [0.15, 0.2) is 5.65 Å². The number of amides is 1. The van der Waals surface area contributed by atoms with Gasteiger partial charge in [-0.2, -0.15) is 0 Å². The molecule has 0 aliphatic carbocycles. The number of pyridine rings is 2. The third-order valence-corrected chi connectivity index (χ3v) is 5.99. The molecule has 30 heavy (non-hydrogen) atoms. The van der Waals surface area contributed by atoms with Crippen LogP contribution >= 0.6 is 0 Å². The number of nitrogens with one attached hydrogen (secondary N) is 1. The van der Waals surface area contributed by atoms with Gasteiger partial charge in [0.25, 0.3) is 5.91 Å². The summed E-state index contributed by atoms with van der Waals surface area (Å²) < 4.78 is 15.9. The van der Waals surface area contributed by atoms with Crippen molar-refractivity contribution < 1.29 is 9.18 Å². The van der Waals surface area contributed by atoms with Gasteiger partial charge in [-0.3, -0.25) is 9.20 Å². The fourth-order valence-corrected chi connectivity index (χ4v) is 4.86. The molecule has 1 fully saturated rings. The molecule has 154 valence electrons. The molecule has 6 nitrogen and oxygen atoms in total. The van der Waals surface area contributed by atoms with E-state index in [4.69, 9.17) is 0 Å². The minimum Gasteiger partial charge on any atom is -0.370 e. The van der Waals surface area contributed by atoms with Crippen LogP contribution in [0.3, 0.4) is 0 Å². The summed E-state index contributed by atoms with van der Waals surface area (Å²) in [7, 11) is 1.60. The van der Waals surface area contributed by atoms with Crippen molar-refractivity contribution >= 4 is 39.3 Å². The van der Waals surface area contributed by atoms with Crippen LogP contribution < -0.4 is 10.2 Å². The molecule has 7 heteroatoms. The Kier molecular flexibility index (Phi) is 4.34. The highest BCUT2D eigenvalue weighted by atomic mass is 19.1. The Morgan fingerprint density at radius 2 is 1.90 bits per heavy atom. The molecule has 0 unspecified atom stereocenters. The molecule has 1 aromatic carbocycles.